The van der Waals surface area contributed by atoms with Gasteiger partial charge in [0.05, 0.1) is 50.5 Å². The molecule has 6 rings (SSSR count). The summed E-state index contributed by atoms with van der Waals surface area (Å²) in [7, 11) is 0. The predicted molar refractivity (Wildman–Crippen MR) is 217 cm³/mol. The van der Waals surface area contributed by atoms with Crippen molar-refractivity contribution in [3.63, 3.8) is 0 Å². The molecule has 0 amide bonds. The van der Waals surface area contributed by atoms with E-state index in [1.54, 1.807) is 34.4 Å². The molecule has 0 unspecified atom stereocenters. The van der Waals surface area contributed by atoms with Gasteiger partial charge in [-0.2, -0.15) is 0 Å². The van der Waals surface area contributed by atoms with Crippen LogP contribution in [0, 0.1) is 0 Å². The highest BCUT2D eigenvalue weighted by molar-refractivity contribution is 5.89. The van der Waals surface area contributed by atoms with E-state index in [1.165, 1.54) is 0 Å². The molecule has 0 aliphatic heterocycles. The molecule has 0 fully saturated rings. The van der Waals surface area contributed by atoms with Crippen molar-refractivity contribution >= 4 is 11.9 Å². The van der Waals surface area contributed by atoms with Crippen molar-refractivity contribution in [1.82, 2.24) is 10.1 Å². The fraction of sp³-hybridized carbons (Fsp3) is 0.208. The normalized spacial score (nSPS) is 11.0. The van der Waals surface area contributed by atoms with Crippen LogP contribution in [0.4, 0.5) is 0 Å². The number of carbonyl (C=O) groups is 2. The molecule has 0 N–H and O–H groups in total. The van der Waals surface area contributed by atoms with Crippen molar-refractivity contribution in [2.24, 2.45) is 0 Å². The fourth-order valence-corrected chi connectivity index (χ4v) is 6.03. The van der Waals surface area contributed by atoms with Gasteiger partial charge in [-0.3, -0.25) is 0 Å². The molecular weight excluding hydrogens is 701 g/mol. The topological polar surface area (TPSA) is 77.5 Å². The zero-order valence-corrected chi connectivity index (χ0v) is 31.6. The summed E-state index contributed by atoms with van der Waals surface area (Å²) in [5.74, 6) is 0.861. The second-order valence-corrected chi connectivity index (χ2v) is 13.5. The van der Waals surface area contributed by atoms with Crippen LogP contribution in [0.5, 0.6) is 11.5 Å². The lowest BCUT2D eigenvalue weighted by molar-refractivity contribution is -0.124. The summed E-state index contributed by atoms with van der Waals surface area (Å²) in [6.45, 7) is 3.11. The Labute approximate surface area is 329 Å². The van der Waals surface area contributed by atoms with Crippen LogP contribution in [-0.2, 0) is 35.9 Å². The molecule has 0 atom stereocenters. The summed E-state index contributed by atoms with van der Waals surface area (Å²) in [5, 5.41) is 3.38. The highest BCUT2D eigenvalue weighted by atomic mass is 16.7. The van der Waals surface area contributed by atoms with E-state index in [0.29, 0.717) is 50.5 Å². The van der Waals surface area contributed by atoms with Crippen molar-refractivity contribution in [2.75, 3.05) is 13.2 Å². The van der Waals surface area contributed by atoms with E-state index < -0.39 is 0 Å². The Morgan fingerprint density at radius 1 is 0.357 bits per heavy atom. The molecule has 0 saturated carbocycles. The quantitative estimate of drug-likeness (QED) is 0.0532. The molecule has 286 valence electrons. The van der Waals surface area contributed by atoms with E-state index in [2.05, 4.69) is 0 Å². The van der Waals surface area contributed by atoms with Crippen LogP contribution in [0.15, 0.2) is 170 Å². The molecular formula is C48H48N2O6. The van der Waals surface area contributed by atoms with Gasteiger partial charge in [0.1, 0.15) is 11.5 Å². The molecule has 6 aromatic rings. The van der Waals surface area contributed by atoms with Gasteiger partial charge in [0.2, 0.25) is 0 Å². The number of hydroxylamine groups is 4. The molecule has 56 heavy (non-hydrogen) atoms. The molecule has 0 heterocycles. The maximum absolute atomic E-state index is 12.8. The number of carbonyl (C=O) groups excluding carboxylic acids is 2. The SMILES string of the molecule is O=C(ON(Cc1ccccc1)Cc1ccc(OCCCCCCOc2ccc(CN(Cc3ccccc3)OC(=O)c3ccccc3)cc2)cc1)c1ccccc1. The predicted octanol–water partition coefficient (Wildman–Crippen LogP) is 10.3. The zero-order chi connectivity index (χ0) is 38.6. The number of unbranched alkanes of at least 4 members (excludes halogenated alkanes) is 3. The molecule has 0 bridgehead atoms. The Morgan fingerprint density at radius 2 is 0.661 bits per heavy atom. The average molecular weight is 749 g/mol. The molecule has 8 heteroatoms. The lowest BCUT2D eigenvalue weighted by Gasteiger charge is -2.22. The first-order chi connectivity index (χ1) is 27.6. The van der Waals surface area contributed by atoms with Crippen LogP contribution in [-0.4, -0.2) is 35.3 Å². The Morgan fingerprint density at radius 3 is 1.00 bits per heavy atom. The molecule has 0 saturated heterocycles. The maximum atomic E-state index is 12.8. The molecule has 8 nitrogen and oxygen atoms in total. The maximum Gasteiger partial charge on any atom is 0.357 e. The molecule has 0 aliphatic carbocycles. The summed E-state index contributed by atoms with van der Waals surface area (Å²) in [6.07, 6.45) is 3.98. The Bertz CT molecular complexity index is 1880. The van der Waals surface area contributed by atoms with Crippen molar-refractivity contribution in [3.8, 4) is 11.5 Å². The number of nitrogens with zero attached hydrogens (tertiary/aromatic N) is 2. The summed E-state index contributed by atoms with van der Waals surface area (Å²) in [6, 6.07) is 53.9. The third-order valence-electron chi connectivity index (χ3n) is 8.99. The van der Waals surface area contributed by atoms with E-state index in [0.717, 1.165) is 59.4 Å². The highest BCUT2D eigenvalue weighted by Crippen LogP contribution is 2.19. The van der Waals surface area contributed by atoms with Gasteiger partial charge in [0.15, 0.2) is 0 Å². The van der Waals surface area contributed by atoms with Crippen molar-refractivity contribution in [1.29, 1.82) is 0 Å². The monoisotopic (exact) mass is 748 g/mol. The van der Waals surface area contributed by atoms with Crippen molar-refractivity contribution in [3.05, 3.63) is 203 Å². The molecule has 0 spiro atoms. The minimum atomic E-state index is -0.383. The first kappa shape index (κ1) is 39.5. The number of rotatable bonds is 21. The van der Waals surface area contributed by atoms with Gasteiger partial charge in [0.25, 0.3) is 0 Å². The molecule has 6 aromatic carbocycles. The Balaban J connectivity index is 0.880. The van der Waals surface area contributed by atoms with Gasteiger partial charge in [-0.25, -0.2) is 9.59 Å². The van der Waals surface area contributed by atoms with Crippen molar-refractivity contribution in [2.45, 2.75) is 51.9 Å². The minimum absolute atomic E-state index is 0.383. The van der Waals surface area contributed by atoms with Crippen LogP contribution in [0.3, 0.4) is 0 Å². The first-order valence-electron chi connectivity index (χ1n) is 19.1. The highest BCUT2D eigenvalue weighted by Gasteiger charge is 2.17. The van der Waals surface area contributed by atoms with E-state index in [-0.39, 0.29) is 11.9 Å². The largest absolute Gasteiger partial charge is 0.494 e. The average Bonchev–Trinajstić information content (AvgIpc) is 3.24. The van der Waals surface area contributed by atoms with E-state index in [4.69, 9.17) is 19.1 Å². The second-order valence-electron chi connectivity index (χ2n) is 13.5. The van der Waals surface area contributed by atoms with Gasteiger partial charge in [-0.05, 0) is 96.5 Å². The van der Waals surface area contributed by atoms with Crippen LogP contribution in [0.2, 0.25) is 0 Å². The lowest BCUT2D eigenvalue weighted by Crippen LogP contribution is -2.26. The van der Waals surface area contributed by atoms with Crippen LogP contribution >= 0.6 is 0 Å². The van der Waals surface area contributed by atoms with E-state index in [1.807, 2.05) is 146 Å². The zero-order valence-electron chi connectivity index (χ0n) is 31.6. The van der Waals surface area contributed by atoms with Gasteiger partial charge >= 0.3 is 11.9 Å². The Hall–Kier alpha value is -6.22. The van der Waals surface area contributed by atoms with Crippen LogP contribution < -0.4 is 9.47 Å². The second kappa shape index (κ2) is 21.6. The smallest absolute Gasteiger partial charge is 0.357 e. The van der Waals surface area contributed by atoms with Gasteiger partial charge < -0.3 is 19.1 Å². The Kier molecular flexibility index (Phi) is 15.2. The number of benzene rings is 6. The lowest BCUT2D eigenvalue weighted by atomic mass is 10.2. The number of hydrogen-bond acceptors (Lipinski definition) is 8. The molecule has 0 aliphatic rings. The molecule has 0 radical (unpaired) electrons. The van der Waals surface area contributed by atoms with Gasteiger partial charge in [-0.15, -0.1) is 10.1 Å². The van der Waals surface area contributed by atoms with E-state index in [9.17, 15) is 9.59 Å². The summed E-state index contributed by atoms with van der Waals surface area (Å²) in [4.78, 5) is 37.3. The summed E-state index contributed by atoms with van der Waals surface area (Å²) >= 11 is 0. The van der Waals surface area contributed by atoms with Crippen LogP contribution in [0.25, 0.3) is 0 Å². The summed E-state index contributed by atoms with van der Waals surface area (Å²) in [5.41, 5.74) is 5.15. The number of hydrogen-bond donors (Lipinski definition) is 0. The summed E-state index contributed by atoms with van der Waals surface area (Å²) < 4.78 is 12.0. The van der Waals surface area contributed by atoms with E-state index >= 15 is 0 Å². The third kappa shape index (κ3) is 13.3. The fourth-order valence-electron chi connectivity index (χ4n) is 6.03. The standard InChI is InChI=1S/C48H48N2O6/c51-47(43-21-11-5-12-22-43)55-49(35-39-17-7-3-8-18-39)37-41-25-29-45(30-26-41)53-33-15-1-2-16-34-54-46-31-27-42(28-32-46)38-50(36-40-19-9-4-10-20-40)56-48(52)44-23-13-6-14-24-44/h3-14,17-32H,1-2,15-16,33-38H2. The molecule has 0 aromatic heterocycles. The number of ether oxygens (including phenoxy) is 2. The van der Waals surface area contributed by atoms with Gasteiger partial charge in [0, 0.05) is 0 Å². The minimum Gasteiger partial charge on any atom is -0.494 e. The third-order valence-corrected chi connectivity index (χ3v) is 8.99. The first-order valence-corrected chi connectivity index (χ1v) is 19.1. The van der Waals surface area contributed by atoms with Crippen LogP contribution in [0.1, 0.15) is 68.7 Å². The van der Waals surface area contributed by atoms with Gasteiger partial charge in [-0.1, -0.05) is 121 Å². The van der Waals surface area contributed by atoms with Crippen molar-refractivity contribution < 1.29 is 28.7 Å².